The maximum Gasteiger partial charge on any atom is 0.272 e. The van der Waals surface area contributed by atoms with E-state index in [0.717, 1.165) is 5.69 Å². The molecule has 1 aliphatic rings. The predicted octanol–water partition coefficient (Wildman–Crippen LogP) is 2.52. The highest BCUT2D eigenvalue weighted by molar-refractivity contribution is 7.91. The Bertz CT molecular complexity index is 902. The minimum atomic E-state index is -3.07. The number of hydrogen-bond donors (Lipinski definition) is 1. The summed E-state index contributed by atoms with van der Waals surface area (Å²) in [5.74, 6) is 0.117. The third kappa shape index (κ3) is 4.31. The van der Waals surface area contributed by atoms with Crippen molar-refractivity contribution in [3.8, 4) is 0 Å². The second kappa shape index (κ2) is 7.59. The second-order valence-corrected chi connectivity index (χ2v) is 8.71. The summed E-state index contributed by atoms with van der Waals surface area (Å²) in [6.07, 6.45) is 1.96. The van der Waals surface area contributed by atoms with E-state index in [-0.39, 0.29) is 35.1 Å². The van der Waals surface area contributed by atoms with Crippen LogP contribution in [0, 0.1) is 0 Å². The number of halogens is 1. The topological polar surface area (TPSA) is 92.3 Å². The van der Waals surface area contributed by atoms with Gasteiger partial charge in [-0.1, -0.05) is 11.6 Å². The normalized spacial score (nSPS) is 18.5. The van der Waals surface area contributed by atoms with Crippen LogP contribution in [0.2, 0.25) is 5.02 Å². The zero-order chi connectivity index (χ0) is 18.7. The Morgan fingerprint density at radius 2 is 2.04 bits per heavy atom. The lowest BCUT2D eigenvalue weighted by atomic mass is 10.2. The number of nitrogens with one attached hydrogen (secondary N) is 1. The van der Waals surface area contributed by atoms with Gasteiger partial charge in [-0.3, -0.25) is 4.79 Å². The minimum Gasteiger partial charge on any atom is -0.334 e. The van der Waals surface area contributed by atoms with Crippen molar-refractivity contribution >= 4 is 39.0 Å². The summed E-state index contributed by atoms with van der Waals surface area (Å²) in [7, 11) is -3.07. The first-order valence-corrected chi connectivity index (χ1v) is 10.4. The number of anilines is 2. The highest BCUT2D eigenvalue weighted by Gasteiger charge is 2.34. The Balaban J connectivity index is 1.77. The van der Waals surface area contributed by atoms with Crippen molar-refractivity contribution in [3.63, 3.8) is 0 Å². The molecule has 7 nitrogen and oxygen atoms in total. The Hall–Kier alpha value is -2.19. The fourth-order valence-electron chi connectivity index (χ4n) is 2.94. The lowest BCUT2D eigenvalue weighted by molar-refractivity contribution is 0.0702. The van der Waals surface area contributed by atoms with Crippen LogP contribution in [-0.2, 0) is 9.84 Å². The molecular weight excluding hydrogens is 376 g/mol. The summed E-state index contributed by atoms with van der Waals surface area (Å²) in [6.45, 7) is 2.25. The molecule has 1 aromatic heterocycles. The number of aromatic nitrogens is 2. The molecule has 2 heterocycles. The molecule has 1 aromatic carbocycles. The molecule has 0 spiro atoms. The molecule has 0 radical (unpaired) electrons. The fraction of sp³-hybridized carbons (Fsp3) is 0.353. The van der Waals surface area contributed by atoms with E-state index in [1.54, 1.807) is 29.2 Å². The lowest BCUT2D eigenvalue weighted by Crippen LogP contribution is -2.41. The van der Waals surface area contributed by atoms with Gasteiger partial charge in [0.25, 0.3) is 5.91 Å². The van der Waals surface area contributed by atoms with Gasteiger partial charge in [0, 0.05) is 29.5 Å². The smallest absolute Gasteiger partial charge is 0.272 e. The summed E-state index contributed by atoms with van der Waals surface area (Å²) < 4.78 is 23.4. The first-order valence-electron chi connectivity index (χ1n) is 8.25. The van der Waals surface area contributed by atoms with E-state index in [2.05, 4.69) is 15.3 Å². The van der Waals surface area contributed by atoms with Gasteiger partial charge < -0.3 is 10.2 Å². The molecule has 1 N–H and O–H groups in total. The standard InChI is InChI=1S/C17H19ClN4O3S/c1-2-22(14-8-10-26(24,25)11-14)16(23)15-7-9-19-17(21-15)20-13-5-3-12(18)4-6-13/h3-7,9,14H,2,8,10-11H2,1H3,(H,19,20,21). The maximum atomic E-state index is 12.8. The number of hydrogen-bond acceptors (Lipinski definition) is 6. The van der Waals surface area contributed by atoms with E-state index in [1.807, 2.05) is 6.92 Å². The summed E-state index contributed by atoms with van der Waals surface area (Å²) in [5, 5.41) is 3.63. The number of amides is 1. The molecule has 0 bridgehead atoms. The number of benzene rings is 1. The number of carbonyl (C=O) groups is 1. The fourth-order valence-corrected chi connectivity index (χ4v) is 4.79. The lowest BCUT2D eigenvalue weighted by Gasteiger charge is -2.26. The van der Waals surface area contributed by atoms with E-state index < -0.39 is 9.84 Å². The molecule has 3 rings (SSSR count). The number of nitrogens with zero attached hydrogens (tertiary/aromatic N) is 3. The summed E-state index contributed by atoms with van der Waals surface area (Å²) in [6, 6.07) is 8.25. The van der Waals surface area contributed by atoms with Crippen LogP contribution >= 0.6 is 11.6 Å². The molecule has 26 heavy (non-hydrogen) atoms. The van der Waals surface area contributed by atoms with Crippen LogP contribution in [-0.4, -0.2) is 53.3 Å². The number of carbonyl (C=O) groups excluding carboxylic acids is 1. The van der Waals surface area contributed by atoms with Crippen LogP contribution in [0.15, 0.2) is 36.5 Å². The maximum absolute atomic E-state index is 12.8. The minimum absolute atomic E-state index is 0.00749. The van der Waals surface area contributed by atoms with E-state index in [1.165, 1.54) is 12.3 Å². The monoisotopic (exact) mass is 394 g/mol. The molecule has 2 aromatic rings. The first kappa shape index (κ1) is 18.6. The zero-order valence-corrected chi connectivity index (χ0v) is 15.8. The average Bonchev–Trinajstić information content (AvgIpc) is 2.97. The molecule has 9 heteroatoms. The summed E-state index contributed by atoms with van der Waals surface area (Å²) >= 11 is 5.86. The molecule has 1 unspecified atom stereocenters. The largest absolute Gasteiger partial charge is 0.334 e. The second-order valence-electron chi connectivity index (χ2n) is 6.05. The van der Waals surface area contributed by atoms with Crippen LogP contribution in [0.4, 0.5) is 11.6 Å². The van der Waals surface area contributed by atoms with E-state index in [9.17, 15) is 13.2 Å². The summed E-state index contributed by atoms with van der Waals surface area (Å²) in [5.41, 5.74) is 0.968. The van der Waals surface area contributed by atoms with Gasteiger partial charge >= 0.3 is 0 Å². The Morgan fingerprint density at radius 3 is 2.65 bits per heavy atom. The van der Waals surface area contributed by atoms with Gasteiger partial charge in [0.15, 0.2) is 9.84 Å². The van der Waals surface area contributed by atoms with Crippen LogP contribution < -0.4 is 5.32 Å². The van der Waals surface area contributed by atoms with E-state index in [4.69, 9.17) is 11.6 Å². The third-order valence-electron chi connectivity index (χ3n) is 4.23. The van der Waals surface area contributed by atoms with Gasteiger partial charge in [-0.15, -0.1) is 0 Å². The van der Waals surface area contributed by atoms with Gasteiger partial charge in [0.2, 0.25) is 5.95 Å². The van der Waals surface area contributed by atoms with Gasteiger partial charge in [0.1, 0.15) is 5.69 Å². The molecule has 0 saturated carbocycles. The highest BCUT2D eigenvalue weighted by atomic mass is 35.5. The first-order chi connectivity index (χ1) is 12.4. The van der Waals surface area contributed by atoms with Gasteiger partial charge in [0.05, 0.1) is 11.5 Å². The molecule has 1 fully saturated rings. The van der Waals surface area contributed by atoms with Crippen molar-refractivity contribution in [2.45, 2.75) is 19.4 Å². The van der Waals surface area contributed by atoms with E-state index >= 15 is 0 Å². The van der Waals surface area contributed by atoms with Crippen molar-refractivity contribution in [1.82, 2.24) is 14.9 Å². The Kier molecular flexibility index (Phi) is 5.43. The predicted molar refractivity (Wildman–Crippen MR) is 101 cm³/mol. The van der Waals surface area contributed by atoms with Crippen LogP contribution in [0.3, 0.4) is 0 Å². The van der Waals surface area contributed by atoms with Gasteiger partial charge in [-0.25, -0.2) is 18.4 Å². The molecule has 138 valence electrons. The molecule has 1 aliphatic heterocycles. The highest BCUT2D eigenvalue weighted by Crippen LogP contribution is 2.20. The summed E-state index contributed by atoms with van der Waals surface area (Å²) in [4.78, 5) is 22.8. The van der Waals surface area contributed by atoms with Crippen molar-refractivity contribution in [2.24, 2.45) is 0 Å². The van der Waals surface area contributed by atoms with Gasteiger partial charge in [-0.2, -0.15) is 0 Å². The number of sulfone groups is 1. The Labute approximate surface area is 157 Å². The Morgan fingerprint density at radius 1 is 1.31 bits per heavy atom. The molecular formula is C17H19ClN4O3S. The van der Waals surface area contributed by atoms with Crippen molar-refractivity contribution in [3.05, 3.63) is 47.2 Å². The average molecular weight is 395 g/mol. The molecule has 1 saturated heterocycles. The third-order valence-corrected chi connectivity index (χ3v) is 6.23. The SMILES string of the molecule is CCN(C(=O)c1ccnc(Nc2ccc(Cl)cc2)n1)C1CCS(=O)(=O)C1. The van der Waals surface area contributed by atoms with Crippen LogP contribution in [0.5, 0.6) is 0 Å². The number of rotatable bonds is 5. The van der Waals surface area contributed by atoms with Crippen LogP contribution in [0.25, 0.3) is 0 Å². The van der Waals surface area contributed by atoms with Crippen molar-refractivity contribution < 1.29 is 13.2 Å². The van der Waals surface area contributed by atoms with Crippen molar-refractivity contribution in [2.75, 3.05) is 23.4 Å². The molecule has 0 aliphatic carbocycles. The molecule has 1 amide bonds. The molecule has 1 atom stereocenters. The zero-order valence-electron chi connectivity index (χ0n) is 14.2. The quantitative estimate of drug-likeness (QED) is 0.837. The van der Waals surface area contributed by atoms with E-state index in [0.29, 0.717) is 18.0 Å². The van der Waals surface area contributed by atoms with Gasteiger partial charge in [-0.05, 0) is 43.7 Å². The van der Waals surface area contributed by atoms with Crippen molar-refractivity contribution in [1.29, 1.82) is 0 Å². The van der Waals surface area contributed by atoms with Crippen LogP contribution in [0.1, 0.15) is 23.8 Å².